The number of rotatable bonds is 6. The Morgan fingerprint density at radius 3 is 2.82 bits per heavy atom. The third kappa shape index (κ3) is 3.87. The highest BCUT2D eigenvalue weighted by Gasteiger charge is 2.21. The Bertz CT molecular complexity index is 391. The normalized spacial score (nSPS) is 15.0. The van der Waals surface area contributed by atoms with E-state index in [1.807, 2.05) is 19.1 Å². The molecular weight excluding hydrogens is 303 g/mol. The van der Waals surface area contributed by atoms with Crippen LogP contribution in [0.3, 0.4) is 0 Å². The zero-order valence-electron chi connectivity index (χ0n) is 9.84. The average Bonchev–Trinajstić information content (AvgIpc) is 3.09. The third-order valence-electron chi connectivity index (χ3n) is 2.80. The second-order valence-corrected chi connectivity index (χ2v) is 5.60. The molecule has 1 aliphatic carbocycles. The first-order valence-corrected chi connectivity index (χ1v) is 7.09. The van der Waals surface area contributed by atoms with Crippen LogP contribution in [0.15, 0.2) is 16.6 Å². The van der Waals surface area contributed by atoms with Crippen molar-refractivity contribution in [2.75, 3.05) is 13.4 Å². The van der Waals surface area contributed by atoms with Crippen molar-refractivity contribution in [1.29, 1.82) is 0 Å². The van der Waals surface area contributed by atoms with Gasteiger partial charge in [-0.15, -0.1) is 11.6 Å². The summed E-state index contributed by atoms with van der Waals surface area (Å²) < 4.78 is 12.2. The minimum Gasteiger partial charge on any atom is -0.467 e. The van der Waals surface area contributed by atoms with E-state index in [4.69, 9.17) is 21.1 Å². The van der Waals surface area contributed by atoms with E-state index in [0.29, 0.717) is 12.7 Å². The fourth-order valence-electron chi connectivity index (χ4n) is 1.70. The van der Waals surface area contributed by atoms with Gasteiger partial charge < -0.3 is 9.47 Å². The monoisotopic (exact) mass is 318 g/mol. The molecule has 17 heavy (non-hydrogen) atoms. The number of hydrogen-bond acceptors (Lipinski definition) is 2. The molecule has 1 aromatic carbocycles. The molecule has 0 N–H and O–H groups in total. The molecule has 0 radical (unpaired) electrons. The highest BCUT2D eigenvalue weighted by molar-refractivity contribution is 9.10. The second-order valence-electron chi connectivity index (χ2n) is 4.42. The van der Waals surface area contributed by atoms with Crippen molar-refractivity contribution < 1.29 is 9.47 Å². The van der Waals surface area contributed by atoms with Gasteiger partial charge in [-0.1, -0.05) is 15.9 Å². The number of alkyl halides is 1. The van der Waals surface area contributed by atoms with E-state index in [9.17, 15) is 0 Å². The van der Waals surface area contributed by atoms with E-state index in [1.54, 1.807) is 0 Å². The number of aryl methyl sites for hydroxylation is 1. The van der Waals surface area contributed by atoms with Crippen LogP contribution >= 0.6 is 27.5 Å². The minimum absolute atomic E-state index is 0.308. The Morgan fingerprint density at radius 2 is 2.18 bits per heavy atom. The van der Waals surface area contributed by atoms with Gasteiger partial charge in [0.25, 0.3) is 0 Å². The summed E-state index contributed by atoms with van der Waals surface area (Å²) in [5.41, 5.74) is 2.07. The molecule has 0 atom stereocenters. The fourth-order valence-corrected chi connectivity index (χ4v) is 2.52. The summed E-state index contributed by atoms with van der Waals surface area (Å²) in [7, 11) is 0. The van der Waals surface area contributed by atoms with Crippen LogP contribution in [0, 0.1) is 12.8 Å². The first kappa shape index (κ1) is 13.2. The van der Waals surface area contributed by atoms with Crippen molar-refractivity contribution in [1.82, 2.24) is 0 Å². The van der Waals surface area contributed by atoms with Crippen molar-refractivity contribution in [2.24, 2.45) is 5.92 Å². The van der Waals surface area contributed by atoms with Crippen LogP contribution in [0.4, 0.5) is 0 Å². The third-order valence-corrected chi connectivity index (χ3v) is 3.54. The van der Waals surface area contributed by atoms with Crippen LogP contribution in [-0.4, -0.2) is 13.4 Å². The lowest BCUT2D eigenvalue weighted by atomic mass is 10.1. The maximum Gasteiger partial charge on any atom is 0.189 e. The van der Waals surface area contributed by atoms with Crippen LogP contribution in [0.2, 0.25) is 0 Å². The lowest BCUT2D eigenvalue weighted by Crippen LogP contribution is -2.07. The molecule has 1 fully saturated rings. The van der Waals surface area contributed by atoms with Crippen molar-refractivity contribution in [3.05, 3.63) is 27.7 Å². The van der Waals surface area contributed by atoms with Gasteiger partial charge in [-0.3, -0.25) is 0 Å². The first-order valence-electron chi connectivity index (χ1n) is 5.76. The Hall–Kier alpha value is -0.250. The van der Waals surface area contributed by atoms with Crippen LogP contribution in [0.1, 0.15) is 24.0 Å². The van der Waals surface area contributed by atoms with E-state index in [-0.39, 0.29) is 0 Å². The summed E-state index contributed by atoms with van der Waals surface area (Å²) in [5.74, 6) is 2.05. The second kappa shape index (κ2) is 6.07. The van der Waals surface area contributed by atoms with Gasteiger partial charge in [-0.25, -0.2) is 0 Å². The molecule has 0 heterocycles. The van der Waals surface area contributed by atoms with Gasteiger partial charge in [-0.05, 0) is 43.4 Å². The zero-order chi connectivity index (χ0) is 12.3. The standard InChI is InChI=1S/C13H16BrClO2/c1-9-4-12(14)5-11(6-15)13(9)17-8-16-7-10-2-3-10/h4-5,10H,2-3,6-8H2,1H3. The molecule has 2 rings (SSSR count). The number of ether oxygens (including phenoxy) is 2. The van der Waals surface area contributed by atoms with Crippen molar-refractivity contribution in [3.8, 4) is 5.75 Å². The van der Waals surface area contributed by atoms with Crippen LogP contribution in [-0.2, 0) is 10.6 Å². The molecule has 1 aromatic rings. The average molecular weight is 320 g/mol. The lowest BCUT2D eigenvalue weighted by Gasteiger charge is -2.13. The molecule has 0 bridgehead atoms. The van der Waals surface area contributed by atoms with E-state index >= 15 is 0 Å². The van der Waals surface area contributed by atoms with Gasteiger partial charge in [0.15, 0.2) is 6.79 Å². The molecule has 0 saturated heterocycles. The van der Waals surface area contributed by atoms with E-state index < -0.39 is 0 Å². The van der Waals surface area contributed by atoms with Crippen molar-refractivity contribution in [3.63, 3.8) is 0 Å². The zero-order valence-corrected chi connectivity index (χ0v) is 12.2. The van der Waals surface area contributed by atoms with Crippen LogP contribution < -0.4 is 4.74 Å². The molecule has 0 spiro atoms. The van der Waals surface area contributed by atoms with E-state index in [0.717, 1.165) is 33.9 Å². The summed E-state index contributed by atoms with van der Waals surface area (Å²) in [4.78, 5) is 0. The van der Waals surface area contributed by atoms with E-state index in [2.05, 4.69) is 15.9 Å². The topological polar surface area (TPSA) is 18.5 Å². The van der Waals surface area contributed by atoms with Crippen LogP contribution in [0.5, 0.6) is 5.75 Å². The molecule has 0 unspecified atom stereocenters. The van der Waals surface area contributed by atoms with Gasteiger partial charge >= 0.3 is 0 Å². The Labute approximate surface area is 115 Å². The Balaban J connectivity index is 1.92. The van der Waals surface area contributed by atoms with Gasteiger partial charge in [0.2, 0.25) is 0 Å². The predicted molar refractivity (Wildman–Crippen MR) is 72.6 cm³/mol. The van der Waals surface area contributed by atoms with Gasteiger partial charge in [0, 0.05) is 10.0 Å². The summed E-state index contributed by atoms with van der Waals surface area (Å²) >= 11 is 9.36. The van der Waals surface area contributed by atoms with Gasteiger partial charge in [0.05, 0.1) is 12.5 Å². The van der Waals surface area contributed by atoms with Crippen LogP contribution in [0.25, 0.3) is 0 Å². The first-order chi connectivity index (χ1) is 8.20. The molecule has 0 amide bonds. The number of benzene rings is 1. The molecule has 1 saturated carbocycles. The van der Waals surface area contributed by atoms with E-state index in [1.165, 1.54) is 12.8 Å². The summed E-state index contributed by atoms with van der Waals surface area (Å²) in [5, 5.41) is 0. The van der Waals surface area contributed by atoms with Gasteiger partial charge in [-0.2, -0.15) is 0 Å². The predicted octanol–water partition coefficient (Wildman–Crippen LogP) is 4.26. The summed E-state index contributed by atoms with van der Waals surface area (Å²) in [6.45, 7) is 3.13. The Kier molecular flexibility index (Phi) is 4.71. The molecule has 0 aliphatic heterocycles. The molecule has 1 aliphatic rings. The molecule has 2 nitrogen and oxygen atoms in total. The maximum absolute atomic E-state index is 5.91. The minimum atomic E-state index is 0.308. The molecular formula is C13H16BrClO2. The smallest absolute Gasteiger partial charge is 0.189 e. The largest absolute Gasteiger partial charge is 0.467 e. The summed E-state index contributed by atoms with van der Waals surface area (Å²) in [6, 6.07) is 4.00. The summed E-state index contributed by atoms with van der Waals surface area (Å²) in [6.07, 6.45) is 2.59. The fraction of sp³-hybridized carbons (Fsp3) is 0.538. The maximum atomic E-state index is 5.91. The lowest BCUT2D eigenvalue weighted by molar-refractivity contribution is 0.00919. The Morgan fingerprint density at radius 1 is 1.41 bits per heavy atom. The highest BCUT2D eigenvalue weighted by Crippen LogP contribution is 2.30. The molecule has 0 aromatic heterocycles. The molecule has 94 valence electrons. The number of hydrogen-bond donors (Lipinski definition) is 0. The quantitative estimate of drug-likeness (QED) is 0.443. The number of halogens is 2. The van der Waals surface area contributed by atoms with Gasteiger partial charge in [0.1, 0.15) is 5.75 Å². The van der Waals surface area contributed by atoms with Crippen molar-refractivity contribution >= 4 is 27.5 Å². The van der Waals surface area contributed by atoms with Crippen molar-refractivity contribution in [2.45, 2.75) is 25.6 Å². The highest BCUT2D eigenvalue weighted by atomic mass is 79.9. The molecule has 4 heteroatoms. The SMILES string of the molecule is Cc1cc(Br)cc(CCl)c1OCOCC1CC1.